The lowest BCUT2D eigenvalue weighted by Crippen LogP contribution is -2.58. The molecule has 0 saturated carbocycles. The Labute approximate surface area is 256 Å². The first-order valence-electron chi connectivity index (χ1n) is 15.6. The number of hydrogen-bond acceptors (Lipinski definition) is 7. The molecule has 5 atom stereocenters. The third kappa shape index (κ3) is 10.8. The molecule has 11 heteroatoms. The summed E-state index contributed by atoms with van der Waals surface area (Å²) in [6.45, 7) is 6.28. The van der Waals surface area contributed by atoms with Crippen LogP contribution in [0.15, 0.2) is 24.3 Å². The largest absolute Gasteiger partial charge is 0.508 e. The number of aliphatic hydroxyl groups excluding tert-OH is 1. The van der Waals surface area contributed by atoms with Gasteiger partial charge in [0.05, 0.1) is 0 Å². The van der Waals surface area contributed by atoms with Crippen LogP contribution in [-0.4, -0.2) is 99.7 Å². The number of carbonyl (C=O) groups is 4. The number of likely N-dealkylation sites (N-methyl/N-ethyl adjacent to an activating group) is 2. The van der Waals surface area contributed by atoms with Gasteiger partial charge in [0.2, 0.25) is 11.8 Å². The molecular formula is C32H52N4O7. The third-order valence-electron chi connectivity index (χ3n) is 8.25. The summed E-state index contributed by atoms with van der Waals surface area (Å²) in [4.78, 5) is 55.5. The molecule has 5 unspecified atom stereocenters. The number of aliphatic carboxylic acids is 1. The Kier molecular flexibility index (Phi) is 14.9. The minimum Gasteiger partial charge on any atom is -0.508 e. The monoisotopic (exact) mass is 604 g/mol. The zero-order valence-electron chi connectivity index (χ0n) is 26.4. The number of likely N-dealkylation sites (tertiary alicyclic amines) is 1. The highest BCUT2D eigenvalue weighted by Crippen LogP contribution is 2.23. The number of hydrogen-bond donors (Lipinski definition) is 5. The summed E-state index contributed by atoms with van der Waals surface area (Å²) in [5.74, 6) is -2.65. The number of unbranched alkanes of at least 4 members (excludes halogenated alkanes) is 4. The number of rotatable bonds is 18. The van der Waals surface area contributed by atoms with E-state index in [1.54, 1.807) is 19.2 Å². The quantitative estimate of drug-likeness (QED) is 0.160. The van der Waals surface area contributed by atoms with E-state index in [4.69, 9.17) is 0 Å². The van der Waals surface area contributed by atoms with Crippen LogP contribution in [0, 0.1) is 5.92 Å². The average Bonchev–Trinajstić information content (AvgIpc) is 3.47. The van der Waals surface area contributed by atoms with E-state index in [0.717, 1.165) is 32.1 Å². The van der Waals surface area contributed by atoms with Gasteiger partial charge in [-0.15, -0.1) is 0 Å². The molecule has 1 heterocycles. The number of carboxylic acids is 1. The van der Waals surface area contributed by atoms with Crippen molar-refractivity contribution >= 4 is 23.7 Å². The molecule has 1 aromatic carbocycles. The van der Waals surface area contributed by atoms with Crippen LogP contribution in [0.4, 0.5) is 0 Å². The standard InChI is InChI=1S/C32H52N4O7/c1-6-7-8-9-10-12-24(33-4)28(38)29(39)34-25(20-22-14-16-23(37)17-15-22)30(40)35(5)27(19-21(2)3)31(41)36-18-11-13-26(36)32(42)43/h14-17,21,24-28,33,37-38H,6-13,18-20H2,1-5H3,(H,34,39)(H,42,43). The van der Waals surface area contributed by atoms with Crippen molar-refractivity contribution in [3.8, 4) is 5.75 Å². The molecule has 2 rings (SSSR count). The summed E-state index contributed by atoms with van der Waals surface area (Å²) in [6, 6.07) is 2.78. The number of carboxylic acid groups (broad SMARTS) is 1. The van der Waals surface area contributed by atoms with Gasteiger partial charge in [0.1, 0.15) is 30.0 Å². The zero-order chi connectivity index (χ0) is 32.1. The number of benzene rings is 1. The van der Waals surface area contributed by atoms with Crippen LogP contribution < -0.4 is 10.6 Å². The lowest BCUT2D eigenvalue weighted by atomic mass is 9.98. The maximum absolute atomic E-state index is 14.0. The van der Waals surface area contributed by atoms with Gasteiger partial charge in [-0.2, -0.15) is 0 Å². The molecule has 242 valence electrons. The van der Waals surface area contributed by atoms with Crippen molar-refractivity contribution in [1.82, 2.24) is 20.4 Å². The van der Waals surface area contributed by atoms with Crippen molar-refractivity contribution in [3.05, 3.63) is 29.8 Å². The number of aromatic hydroxyl groups is 1. The SMILES string of the molecule is CCCCCCCC(NC)C(O)C(=O)NC(Cc1ccc(O)cc1)C(=O)N(C)C(CC(C)C)C(=O)N1CCCC1C(=O)O. The molecule has 3 amide bonds. The molecule has 0 bridgehead atoms. The van der Waals surface area contributed by atoms with E-state index in [1.165, 1.54) is 29.0 Å². The van der Waals surface area contributed by atoms with Gasteiger partial charge >= 0.3 is 5.97 Å². The number of phenolic OH excluding ortho intramolecular Hbond substituents is 1. The number of nitrogens with zero attached hydrogens (tertiary/aromatic N) is 2. The number of carbonyl (C=O) groups excluding carboxylic acids is 3. The molecule has 43 heavy (non-hydrogen) atoms. The Balaban J connectivity index is 2.29. The molecule has 1 aliphatic heterocycles. The van der Waals surface area contributed by atoms with E-state index in [9.17, 15) is 34.5 Å². The maximum Gasteiger partial charge on any atom is 0.326 e. The van der Waals surface area contributed by atoms with Gasteiger partial charge in [0.15, 0.2) is 0 Å². The van der Waals surface area contributed by atoms with Crippen LogP contribution in [0.5, 0.6) is 5.75 Å². The topological polar surface area (TPSA) is 160 Å². The molecular weight excluding hydrogens is 552 g/mol. The third-order valence-corrected chi connectivity index (χ3v) is 8.25. The minimum atomic E-state index is -1.40. The van der Waals surface area contributed by atoms with E-state index < -0.39 is 54.0 Å². The molecule has 0 radical (unpaired) electrons. The molecule has 1 aromatic rings. The molecule has 0 spiro atoms. The lowest BCUT2D eigenvalue weighted by Gasteiger charge is -2.35. The first-order chi connectivity index (χ1) is 20.4. The zero-order valence-corrected chi connectivity index (χ0v) is 26.4. The summed E-state index contributed by atoms with van der Waals surface area (Å²) >= 11 is 0. The molecule has 1 fully saturated rings. The predicted octanol–water partition coefficient (Wildman–Crippen LogP) is 2.68. The fraction of sp³-hybridized carbons (Fsp3) is 0.688. The van der Waals surface area contributed by atoms with E-state index in [1.807, 2.05) is 13.8 Å². The lowest BCUT2D eigenvalue weighted by molar-refractivity contribution is -0.153. The number of amides is 3. The summed E-state index contributed by atoms with van der Waals surface area (Å²) in [5, 5.41) is 36.1. The maximum atomic E-state index is 14.0. The normalized spacial score (nSPS) is 17.7. The number of phenols is 1. The molecule has 11 nitrogen and oxygen atoms in total. The Morgan fingerprint density at radius 3 is 2.30 bits per heavy atom. The number of aliphatic hydroxyl groups is 1. The van der Waals surface area contributed by atoms with Crippen molar-refractivity contribution in [3.63, 3.8) is 0 Å². The Morgan fingerprint density at radius 1 is 1.07 bits per heavy atom. The van der Waals surface area contributed by atoms with Gasteiger partial charge in [-0.25, -0.2) is 4.79 Å². The molecule has 5 N–H and O–H groups in total. The highest BCUT2D eigenvalue weighted by Gasteiger charge is 2.41. The highest BCUT2D eigenvalue weighted by atomic mass is 16.4. The van der Waals surface area contributed by atoms with Crippen LogP contribution in [0.25, 0.3) is 0 Å². The second-order valence-corrected chi connectivity index (χ2v) is 12.1. The Morgan fingerprint density at radius 2 is 1.72 bits per heavy atom. The summed E-state index contributed by atoms with van der Waals surface area (Å²) in [5.41, 5.74) is 0.664. The van der Waals surface area contributed by atoms with Crippen LogP contribution in [0.3, 0.4) is 0 Å². The van der Waals surface area contributed by atoms with E-state index in [-0.39, 0.29) is 18.1 Å². The average molecular weight is 605 g/mol. The predicted molar refractivity (Wildman–Crippen MR) is 164 cm³/mol. The first-order valence-corrected chi connectivity index (χ1v) is 15.6. The molecule has 0 aromatic heterocycles. The van der Waals surface area contributed by atoms with Crippen molar-refractivity contribution in [1.29, 1.82) is 0 Å². The van der Waals surface area contributed by atoms with E-state index >= 15 is 0 Å². The first kappa shape index (κ1) is 36.0. The summed E-state index contributed by atoms with van der Waals surface area (Å²) in [7, 11) is 3.18. The smallest absolute Gasteiger partial charge is 0.326 e. The van der Waals surface area contributed by atoms with Crippen molar-refractivity contribution in [2.24, 2.45) is 5.92 Å². The Bertz CT molecular complexity index is 1050. The van der Waals surface area contributed by atoms with Crippen molar-refractivity contribution < 1.29 is 34.5 Å². The van der Waals surface area contributed by atoms with Gasteiger partial charge in [0, 0.05) is 26.1 Å². The molecule has 1 saturated heterocycles. The summed E-state index contributed by atoms with van der Waals surface area (Å²) in [6.07, 6.45) is 5.68. The van der Waals surface area contributed by atoms with Crippen LogP contribution in [0.1, 0.15) is 84.1 Å². The van der Waals surface area contributed by atoms with Crippen LogP contribution in [-0.2, 0) is 25.6 Å². The number of nitrogens with one attached hydrogen (secondary N) is 2. The van der Waals surface area contributed by atoms with E-state index in [0.29, 0.717) is 37.8 Å². The van der Waals surface area contributed by atoms with Crippen molar-refractivity contribution in [2.45, 2.75) is 115 Å². The fourth-order valence-corrected chi connectivity index (χ4v) is 5.68. The van der Waals surface area contributed by atoms with Crippen LogP contribution >= 0.6 is 0 Å². The second kappa shape index (κ2) is 17.8. The van der Waals surface area contributed by atoms with Gasteiger partial charge in [-0.05, 0) is 56.3 Å². The van der Waals surface area contributed by atoms with Crippen molar-refractivity contribution in [2.75, 3.05) is 20.6 Å². The van der Waals surface area contributed by atoms with Gasteiger partial charge < -0.3 is 35.8 Å². The summed E-state index contributed by atoms with van der Waals surface area (Å²) < 4.78 is 0. The van der Waals surface area contributed by atoms with Crippen LogP contribution in [0.2, 0.25) is 0 Å². The molecule has 0 aliphatic carbocycles. The Hall–Kier alpha value is -3.18. The van der Waals surface area contributed by atoms with Gasteiger partial charge in [-0.3, -0.25) is 14.4 Å². The highest BCUT2D eigenvalue weighted by molar-refractivity contribution is 5.94. The fourth-order valence-electron chi connectivity index (χ4n) is 5.68. The molecule has 1 aliphatic rings. The van der Waals surface area contributed by atoms with Gasteiger partial charge in [-0.1, -0.05) is 65.0 Å². The van der Waals surface area contributed by atoms with Gasteiger partial charge in [0.25, 0.3) is 5.91 Å². The second-order valence-electron chi connectivity index (χ2n) is 12.1. The minimum absolute atomic E-state index is 0.0238. The van der Waals surface area contributed by atoms with E-state index in [2.05, 4.69) is 17.6 Å².